The van der Waals surface area contributed by atoms with Gasteiger partial charge in [-0.15, -0.1) is 24.0 Å². The number of aliphatic imine (C=N–C) groups is 1. The molecule has 3 saturated heterocycles. The lowest BCUT2D eigenvalue weighted by Gasteiger charge is -2.34. The van der Waals surface area contributed by atoms with Gasteiger partial charge in [0.05, 0.1) is 13.2 Å². The number of benzene rings is 1. The van der Waals surface area contributed by atoms with Crippen LogP contribution < -0.4 is 10.6 Å². The lowest BCUT2D eigenvalue weighted by molar-refractivity contribution is -0.128. The average Bonchev–Trinajstić information content (AvgIpc) is 3.46. The fourth-order valence-corrected chi connectivity index (χ4v) is 4.95. The van der Waals surface area contributed by atoms with Crippen LogP contribution in [-0.4, -0.2) is 73.6 Å². The van der Waals surface area contributed by atoms with E-state index in [9.17, 15) is 4.79 Å². The van der Waals surface area contributed by atoms with Crippen LogP contribution in [0.2, 0.25) is 0 Å². The summed E-state index contributed by atoms with van der Waals surface area (Å²) >= 11 is 0. The minimum Gasteiger partial charge on any atom is -0.381 e. The third kappa shape index (κ3) is 8.10. The highest BCUT2D eigenvalue weighted by molar-refractivity contribution is 14.0. The van der Waals surface area contributed by atoms with E-state index in [0.29, 0.717) is 25.6 Å². The number of piperidine rings is 1. The first-order valence-electron chi connectivity index (χ1n) is 12.4. The van der Waals surface area contributed by atoms with Gasteiger partial charge in [0.15, 0.2) is 5.96 Å². The number of halogens is 1. The molecule has 3 heterocycles. The Morgan fingerprint density at radius 1 is 1.18 bits per heavy atom. The number of likely N-dealkylation sites (tertiary alicyclic amines) is 2. The first kappa shape index (κ1) is 26.2. The molecule has 184 valence electrons. The number of nitrogens with one attached hydrogen (secondary N) is 2. The van der Waals surface area contributed by atoms with E-state index in [4.69, 9.17) is 9.73 Å². The molecular weight excluding hydrogens is 529 g/mol. The van der Waals surface area contributed by atoms with Crippen molar-refractivity contribution in [1.29, 1.82) is 0 Å². The molecule has 1 aromatic carbocycles. The quantitative estimate of drug-likeness (QED) is 0.286. The molecule has 0 spiro atoms. The van der Waals surface area contributed by atoms with E-state index >= 15 is 0 Å². The standard InChI is InChI=1S/C25H39N5O2.HI/c1-2-26-25(28-23-8-12-29(13-9-23)17-22-10-14-32-19-22)27-16-20-5-3-6-21(15-20)18-30-11-4-7-24(30)31;/h3,5-6,15,22-23H,2,4,7-14,16-19H2,1H3,(H2,26,27,28);1H. The SMILES string of the molecule is CCNC(=NCc1cccc(CN2CCCC2=O)c1)NC1CCN(CC2CCOC2)CC1.I. The van der Waals surface area contributed by atoms with Gasteiger partial charge in [-0.2, -0.15) is 0 Å². The highest BCUT2D eigenvalue weighted by atomic mass is 127. The van der Waals surface area contributed by atoms with Crippen LogP contribution in [0.25, 0.3) is 0 Å². The minimum atomic E-state index is 0. The van der Waals surface area contributed by atoms with Crippen LogP contribution in [0.15, 0.2) is 29.3 Å². The van der Waals surface area contributed by atoms with E-state index in [1.807, 2.05) is 4.90 Å². The van der Waals surface area contributed by atoms with Crippen LogP contribution in [0.3, 0.4) is 0 Å². The van der Waals surface area contributed by atoms with Gasteiger partial charge >= 0.3 is 0 Å². The number of hydrogen-bond acceptors (Lipinski definition) is 4. The fourth-order valence-electron chi connectivity index (χ4n) is 4.95. The molecule has 33 heavy (non-hydrogen) atoms. The third-order valence-electron chi connectivity index (χ3n) is 6.77. The molecule has 3 aliphatic rings. The summed E-state index contributed by atoms with van der Waals surface area (Å²) in [4.78, 5) is 21.3. The molecule has 1 unspecified atom stereocenters. The molecule has 0 aliphatic carbocycles. The molecule has 2 N–H and O–H groups in total. The Morgan fingerprint density at radius 3 is 2.70 bits per heavy atom. The first-order chi connectivity index (χ1) is 15.7. The predicted octanol–water partition coefficient (Wildman–Crippen LogP) is 2.98. The Bertz CT molecular complexity index is 776. The molecule has 0 bridgehead atoms. The second-order valence-corrected chi connectivity index (χ2v) is 9.38. The number of carbonyl (C=O) groups is 1. The van der Waals surface area contributed by atoms with Crippen molar-refractivity contribution in [3.05, 3.63) is 35.4 Å². The van der Waals surface area contributed by atoms with Crippen molar-refractivity contribution in [2.75, 3.05) is 45.9 Å². The van der Waals surface area contributed by atoms with Crippen LogP contribution in [0.5, 0.6) is 0 Å². The van der Waals surface area contributed by atoms with Crippen molar-refractivity contribution in [3.63, 3.8) is 0 Å². The van der Waals surface area contributed by atoms with Gasteiger partial charge in [-0.05, 0) is 49.7 Å². The molecule has 3 aliphatic heterocycles. The minimum absolute atomic E-state index is 0. The number of guanidine groups is 1. The molecular formula is C25H40IN5O2. The normalized spacial score (nSPS) is 22.5. The van der Waals surface area contributed by atoms with Gasteiger partial charge in [0.25, 0.3) is 0 Å². The lowest BCUT2D eigenvalue weighted by atomic mass is 10.0. The van der Waals surface area contributed by atoms with Gasteiger partial charge in [0.2, 0.25) is 5.91 Å². The maximum absolute atomic E-state index is 11.9. The first-order valence-corrected chi connectivity index (χ1v) is 12.4. The van der Waals surface area contributed by atoms with Crippen LogP contribution in [0.1, 0.15) is 50.2 Å². The number of ether oxygens (including phenoxy) is 1. The Hall–Kier alpha value is -1.39. The summed E-state index contributed by atoms with van der Waals surface area (Å²) in [5.74, 6) is 1.89. The van der Waals surface area contributed by atoms with Gasteiger partial charge in [-0.25, -0.2) is 4.99 Å². The van der Waals surface area contributed by atoms with Crippen molar-refractivity contribution >= 4 is 35.8 Å². The second kappa shape index (κ2) is 13.5. The number of carbonyl (C=O) groups excluding carboxylic acids is 1. The van der Waals surface area contributed by atoms with Crippen LogP contribution in [-0.2, 0) is 22.6 Å². The Kier molecular flexibility index (Phi) is 10.7. The van der Waals surface area contributed by atoms with Crippen LogP contribution >= 0.6 is 24.0 Å². The summed E-state index contributed by atoms with van der Waals surface area (Å²) in [7, 11) is 0. The van der Waals surface area contributed by atoms with Gasteiger partial charge in [0.1, 0.15) is 0 Å². The molecule has 1 atom stereocenters. The lowest BCUT2D eigenvalue weighted by Crippen LogP contribution is -2.49. The number of nitrogens with zero attached hydrogens (tertiary/aromatic N) is 3. The number of hydrogen-bond donors (Lipinski definition) is 2. The molecule has 0 radical (unpaired) electrons. The van der Waals surface area contributed by atoms with E-state index < -0.39 is 0 Å². The number of amides is 1. The van der Waals surface area contributed by atoms with E-state index in [2.05, 4.69) is 46.7 Å². The van der Waals surface area contributed by atoms with E-state index in [0.717, 1.165) is 70.5 Å². The zero-order valence-electron chi connectivity index (χ0n) is 19.9. The van der Waals surface area contributed by atoms with Gasteiger partial charge in [-0.1, -0.05) is 24.3 Å². The molecule has 1 aromatic rings. The summed E-state index contributed by atoms with van der Waals surface area (Å²) in [5.41, 5.74) is 2.37. The summed E-state index contributed by atoms with van der Waals surface area (Å²) in [5, 5.41) is 7.06. The molecule has 0 aromatic heterocycles. The predicted molar refractivity (Wildman–Crippen MR) is 143 cm³/mol. The monoisotopic (exact) mass is 569 g/mol. The zero-order valence-corrected chi connectivity index (χ0v) is 22.3. The molecule has 3 fully saturated rings. The summed E-state index contributed by atoms with van der Waals surface area (Å²) < 4.78 is 5.53. The van der Waals surface area contributed by atoms with Crippen molar-refractivity contribution in [1.82, 2.24) is 20.4 Å². The Balaban J connectivity index is 0.00000306. The highest BCUT2D eigenvalue weighted by Crippen LogP contribution is 2.18. The molecule has 8 heteroatoms. The van der Waals surface area contributed by atoms with E-state index in [-0.39, 0.29) is 29.9 Å². The Morgan fingerprint density at radius 2 is 2.00 bits per heavy atom. The largest absolute Gasteiger partial charge is 0.381 e. The maximum Gasteiger partial charge on any atom is 0.222 e. The zero-order chi connectivity index (χ0) is 22.2. The average molecular weight is 570 g/mol. The van der Waals surface area contributed by atoms with Gasteiger partial charge in [0, 0.05) is 58.3 Å². The highest BCUT2D eigenvalue weighted by Gasteiger charge is 2.24. The van der Waals surface area contributed by atoms with E-state index in [1.165, 1.54) is 24.1 Å². The second-order valence-electron chi connectivity index (χ2n) is 9.38. The van der Waals surface area contributed by atoms with Crippen molar-refractivity contribution in [3.8, 4) is 0 Å². The Labute approximate surface area is 215 Å². The van der Waals surface area contributed by atoms with E-state index in [1.54, 1.807) is 0 Å². The molecule has 0 saturated carbocycles. The van der Waals surface area contributed by atoms with Crippen molar-refractivity contribution in [2.45, 2.75) is 58.2 Å². The third-order valence-corrected chi connectivity index (χ3v) is 6.77. The summed E-state index contributed by atoms with van der Waals surface area (Å²) in [6.07, 6.45) is 5.18. The summed E-state index contributed by atoms with van der Waals surface area (Å²) in [6.45, 7) is 10.5. The summed E-state index contributed by atoms with van der Waals surface area (Å²) in [6, 6.07) is 8.95. The van der Waals surface area contributed by atoms with Crippen molar-refractivity contribution < 1.29 is 9.53 Å². The molecule has 1 amide bonds. The van der Waals surface area contributed by atoms with Gasteiger partial charge < -0.3 is 25.2 Å². The topological polar surface area (TPSA) is 69.2 Å². The van der Waals surface area contributed by atoms with Gasteiger partial charge in [-0.3, -0.25) is 4.79 Å². The maximum atomic E-state index is 11.9. The smallest absolute Gasteiger partial charge is 0.222 e. The van der Waals surface area contributed by atoms with Crippen molar-refractivity contribution in [2.24, 2.45) is 10.9 Å². The molecule has 7 nitrogen and oxygen atoms in total. The fraction of sp³-hybridized carbons (Fsp3) is 0.680. The number of rotatable bonds is 8. The van der Waals surface area contributed by atoms with Crippen LogP contribution in [0, 0.1) is 5.92 Å². The molecule has 4 rings (SSSR count). The van der Waals surface area contributed by atoms with Crippen LogP contribution in [0.4, 0.5) is 0 Å².